The van der Waals surface area contributed by atoms with Crippen LogP contribution in [-0.2, 0) is 0 Å². The minimum atomic E-state index is -0.747. The van der Waals surface area contributed by atoms with Gasteiger partial charge in [0.25, 0.3) is 0 Å². The van der Waals surface area contributed by atoms with E-state index in [4.69, 9.17) is 10.4 Å². The predicted octanol–water partition coefficient (Wildman–Crippen LogP) is 2.35. The Morgan fingerprint density at radius 3 is 1.82 bits per heavy atom. The normalized spacial score (nSPS) is 11.8. The zero-order valence-corrected chi connectivity index (χ0v) is 9.04. The quantitative estimate of drug-likeness (QED) is 0.824. The van der Waals surface area contributed by atoms with Crippen LogP contribution in [0.25, 0.3) is 0 Å². The molecule has 0 aromatic heterocycles. The minimum absolute atomic E-state index is 0.167. The van der Waals surface area contributed by atoms with Crippen LogP contribution in [0.15, 0.2) is 48.5 Å². The van der Waals surface area contributed by atoms with E-state index in [1.807, 2.05) is 6.07 Å². The molecule has 0 aliphatic heterocycles. The third kappa shape index (κ3) is 2.44. The summed E-state index contributed by atoms with van der Waals surface area (Å²) in [6, 6.07) is 15.2. The van der Waals surface area contributed by atoms with Gasteiger partial charge in [0.15, 0.2) is 0 Å². The molecule has 0 amide bonds. The van der Waals surface area contributed by atoms with E-state index in [2.05, 4.69) is 0 Å². The average Bonchev–Trinajstić information content (AvgIpc) is 2.39. The van der Waals surface area contributed by atoms with Crippen LogP contribution in [0.3, 0.4) is 0 Å². The Bertz CT molecular complexity index is 538. The zero-order valence-electron chi connectivity index (χ0n) is 9.04. The maximum Gasteiger partial charge on any atom is 0.115 e. The molecule has 0 radical (unpaired) electrons. The molecule has 0 saturated carbocycles. The number of aliphatic hydroxyl groups is 1. The second kappa shape index (κ2) is 4.69. The van der Waals surface area contributed by atoms with Gasteiger partial charge in [-0.2, -0.15) is 5.26 Å². The summed E-state index contributed by atoms with van der Waals surface area (Å²) in [5, 5.41) is 27.9. The molecule has 0 aliphatic rings. The Labute approximate surface area is 99.2 Å². The highest BCUT2D eigenvalue weighted by molar-refractivity contribution is 5.37. The highest BCUT2D eigenvalue weighted by atomic mass is 16.3. The molecule has 0 saturated heterocycles. The summed E-state index contributed by atoms with van der Waals surface area (Å²) in [6.45, 7) is 0. The number of phenolic OH excluding ortho intramolecular Hbond substituents is 1. The Morgan fingerprint density at radius 1 is 0.882 bits per heavy atom. The van der Waals surface area contributed by atoms with Crippen molar-refractivity contribution in [1.29, 1.82) is 5.26 Å². The van der Waals surface area contributed by atoms with E-state index >= 15 is 0 Å². The van der Waals surface area contributed by atoms with Gasteiger partial charge in [0.2, 0.25) is 0 Å². The van der Waals surface area contributed by atoms with Gasteiger partial charge < -0.3 is 10.2 Å². The van der Waals surface area contributed by atoms with Crippen LogP contribution in [-0.4, -0.2) is 10.2 Å². The molecule has 1 atom stereocenters. The summed E-state index contributed by atoms with van der Waals surface area (Å²) in [4.78, 5) is 0. The minimum Gasteiger partial charge on any atom is -0.508 e. The molecule has 0 unspecified atom stereocenters. The van der Waals surface area contributed by atoms with Crippen LogP contribution in [0.5, 0.6) is 5.75 Å². The van der Waals surface area contributed by atoms with Crippen LogP contribution in [0.4, 0.5) is 0 Å². The summed E-state index contributed by atoms with van der Waals surface area (Å²) in [7, 11) is 0. The Morgan fingerprint density at radius 2 is 1.35 bits per heavy atom. The van der Waals surface area contributed by atoms with Crippen LogP contribution >= 0.6 is 0 Å². The molecule has 0 heterocycles. The number of nitrogens with zero attached hydrogens (tertiary/aromatic N) is 1. The molecule has 0 bridgehead atoms. The monoisotopic (exact) mass is 225 g/mol. The number of rotatable bonds is 2. The second-order valence-electron chi connectivity index (χ2n) is 3.73. The maximum atomic E-state index is 10.1. The van der Waals surface area contributed by atoms with Gasteiger partial charge in [-0.05, 0) is 35.4 Å². The van der Waals surface area contributed by atoms with Gasteiger partial charge in [-0.15, -0.1) is 0 Å². The molecule has 0 spiro atoms. The molecule has 2 rings (SSSR count). The fourth-order valence-corrected chi connectivity index (χ4v) is 1.59. The van der Waals surface area contributed by atoms with Crippen molar-refractivity contribution < 1.29 is 10.2 Å². The lowest BCUT2D eigenvalue weighted by atomic mass is 10.0. The number of nitriles is 1. The molecule has 3 heteroatoms. The van der Waals surface area contributed by atoms with E-state index in [1.54, 1.807) is 36.4 Å². The van der Waals surface area contributed by atoms with Crippen LogP contribution in [0.1, 0.15) is 22.8 Å². The number of hydrogen-bond donors (Lipinski definition) is 2. The van der Waals surface area contributed by atoms with Crippen molar-refractivity contribution in [2.45, 2.75) is 6.10 Å². The van der Waals surface area contributed by atoms with Gasteiger partial charge in [-0.25, -0.2) is 0 Å². The van der Waals surface area contributed by atoms with Crippen molar-refractivity contribution in [3.63, 3.8) is 0 Å². The van der Waals surface area contributed by atoms with E-state index in [0.717, 1.165) is 5.56 Å². The van der Waals surface area contributed by atoms with Gasteiger partial charge in [-0.1, -0.05) is 24.3 Å². The molecule has 84 valence electrons. The topological polar surface area (TPSA) is 64.2 Å². The van der Waals surface area contributed by atoms with Crippen molar-refractivity contribution >= 4 is 0 Å². The lowest BCUT2D eigenvalue weighted by Gasteiger charge is -2.11. The van der Waals surface area contributed by atoms with Gasteiger partial charge in [-0.3, -0.25) is 0 Å². The Hall–Kier alpha value is -2.31. The molecule has 0 fully saturated rings. The first-order valence-corrected chi connectivity index (χ1v) is 5.18. The number of hydrogen-bond acceptors (Lipinski definition) is 3. The molecule has 2 aromatic carbocycles. The van der Waals surface area contributed by atoms with Crippen LogP contribution in [0.2, 0.25) is 0 Å². The fourth-order valence-electron chi connectivity index (χ4n) is 1.59. The Kier molecular flexibility index (Phi) is 3.08. The van der Waals surface area contributed by atoms with Crippen LogP contribution in [0, 0.1) is 11.3 Å². The van der Waals surface area contributed by atoms with Crippen molar-refractivity contribution in [2.75, 3.05) is 0 Å². The predicted molar refractivity (Wildman–Crippen MR) is 63.3 cm³/mol. The first-order chi connectivity index (χ1) is 8.20. The van der Waals surface area contributed by atoms with Crippen molar-refractivity contribution in [3.05, 3.63) is 65.2 Å². The van der Waals surface area contributed by atoms with E-state index < -0.39 is 6.10 Å². The van der Waals surface area contributed by atoms with Crippen LogP contribution < -0.4 is 0 Å². The third-order valence-corrected chi connectivity index (χ3v) is 2.56. The number of aliphatic hydroxyl groups excluding tert-OH is 1. The summed E-state index contributed by atoms with van der Waals surface area (Å²) in [5.74, 6) is 0.167. The first kappa shape index (κ1) is 11.2. The summed E-state index contributed by atoms with van der Waals surface area (Å²) >= 11 is 0. The summed E-state index contributed by atoms with van der Waals surface area (Å²) < 4.78 is 0. The third-order valence-electron chi connectivity index (χ3n) is 2.56. The van der Waals surface area contributed by atoms with E-state index in [9.17, 15) is 5.11 Å². The number of aromatic hydroxyl groups is 1. The van der Waals surface area contributed by atoms with E-state index in [-0.39, 0.29) is 5.75 Å². The second-order valence-corrected chi connectivity index (χ2v) is 3.73. The zero-order chi connectivity index (χ0) is 12.3. The summed E-state index contributed by atoms with van der Waals surface area (Å²) in [5.41, 5.74) is 1.98. The largest absolute Gasteiger partial charge is 0.508 e. The molecule has 3 nitrogen and oxygen atoms in total. The van der Waals surface area contributed by atoms with Gasteiger partial charge in [0.1, 0.15) is 11.9 Å². The van der Waals surface area contributed by atoms with Gasteiger partial charge >= 0.3 is 0 Å². The lowest BCUT2D eigenvalue weighted by Crippen LogP contribution is -1.99. The number of phenols is 1. The lowest BCUT2D eigenvalue weighted by molar-refractivity contribution is 0.220. The molecular weight excluding hydrogens is 214 g/mol. The SMILES string of the molecule is N#Cc1ccc([C@H](O)c2ccc(O)cc2)cc1. The van der Waals surface area contributed by atoms with Crippen molar-refractivity contribution in [1.82, 2.24) is 0 Å². The molecule has 0 aliphatic carbocycles. The number of benzene rings is 2. The highest BCUT2D eigenvalue weighted by Crippen LogP contribution is 2.23. The van der Waals surface area contributed by atoms with E-state index in [1.165, 1.54) is 12.1 Å². The van der Waals surface area contributed by atoms with Gasteiger partial charge in [0.05, 0.1) is 11.6 Å². The Balaban J connectivity index is 2.27. The standard InChI is InChI=1S/C14H11NO2/c15-9-10-1-3-11(4-2-10)14(17)12-5-7-13(16)8-6-12/h1-8,14,16-17H/t14-/m0/s1. The van der Waals surface area contributed by atoms with Gasteiger partial charge in [0, 0.05) is 0 Å². The molecule has 2 N–H and O–H groups in total. The van der Waals surface area contributed by atoms with E-state index in [0.29, 0.717) is 11.1 Å². The first-order valence-electron chi connectivity index (χ1n) is 5.18. The average molecular weight is 225 g/mol. The summed E-state index contributed by atoms with van der Waals surface area (Å²) in [6.07, 6.45) is -0.747. The smallest absolute Gasteiger partial charge is 0.115 e. The molecule has 2 aromatic rings. The molecule has 17 heavy (non-hydrogen) atoms. The fraction of sp³-hybridized carbons (Fsp3) is 0.0714. The van der Waals surface area contributed by atoms with Crippen molar-refractivity contribution in [2.24, 2.45) is 0 Å². The maximum absolute atomic E-state index is 10.1. The highest BCUT2D eigenvalue weighted by Gasteiger charge is 2.09. The molecular formula is C14H11NO2. The van der Waals surface area contributed by atoms with Crippen molar-refractivity contribution in [3.8, 4) is 11.8 Å².